The number of ether oxygens (including phenoxy) is 1. The van der Waals surface area contributed by atoms with Crippen molar-refractivity contribution in [3.05, 3.63) is 59.9 Å². The van der Waals surface area contributed by atoms with E-state index in [0.29, 0.717) is 19.7 Å². The van der Waals surface area contributed by atoms with Gasteiger partial charge in [-0.2, -0.15) is 0 Å². The molecule has 1 heterocycles. The number of rotatable bonds is 6. The van der Waals surface area contributed by atoms with Gasteiger partial charge >= 0.3 is 0 Å². The molecule has 0 amide bonds. The highest BCUT2D eigenvalue weighted by Crippen LogP contribution is 2.30. The normalized spacial score (nSPS) is 11.9. The molecule has 0 radical (unpaired) electrons. The molecule has 134 valence electrons. The number of para-hydroxylation sites is 1. The number of hydrogen-bond acceptors (Lipinski definition) is 3. The maximum absolute atomic E-state index is 5.96. The van der Waals surface area contributed by atoms with Crippen LogP contribution in [0.25, 0.3) is 0 Å². The third-order valence-corrected chi connectivity index (χ3v) is 3.73. The predicted molar refractivity (Wildman–Crippen MR) is 103 cm³/mol. The summed E-state index contributed by atoms with van der Waals surface area (Å²) in [6, 6.07) is 14.1. The maximum Gasteiger partial charge on any atom is 0.191 e. The lowest BCUT2D eigenvalue weighted by Gasteiger charge is -2.22. The number of aromatic nitrogens is 1. The van der Waals surface area contributed by atoms with Crippen LogP contribution in [0.3, 0.4) is 0 Å². The number of hydrogen-bond donors (Lipinski definition) is 2. The van der Waals surface area contributed by atoms with E-state index in [-0.39, 0.29) is 5.41 Å². The number of nitrogens with one attached hydrogen (secondary N) is 2. The van der Waals surface area contributed by atoms with E-state index < -0.39 is 0 Å². The molecule has 2 rings (SSSR count). The van der Waals surface area contributed by atoms with Gasteiger partial charge in [-0.05, 0) is 29.2 Å². The summed E-state index contributed by atoms with van der Waals surface area (Å²) in [5.74, 6) is 1.67. The van der Waals surface area contributed by atoms with Gasteiger partial charge in [-0.3, -0.25) is 9.98 Å². The zero-order chi connectivity index (χ0) is 18.1. The van der Waals surface area contributed by atoms with Crippen LogP contribution in [0, 0.1) is 0 Å². The van der Waals surface area contributed by atoms with Crippen molar-refractivity contribution in [2.24, 2.45) is 4.99 Å². The molecule has 0 fully saturated rings. The molecule has 5 heteroatoms. The molecule has 0 unspecified atom stereocenters. The minimum Gasteiger partial charge on any atom is -0.491 e. The smallest absolute Gasteiger partial charge is 0.191 e. The Labute approximate surface area is 150 Å². The molecule has 0 bridgehead atoms. The highest BCUT2D eigenvalue weighted by atomic mass is 16.5. The lowest BCUT2D eigenvalue weighted by molar-refractivity contribution is 0.313. The summed E-state index contributed by atoms with van der Waals surface area (Å²) in [6.07, 6.45) is 1.79. The largest absolute Gasteiger partial charge is 0.491 e. The quantitative estimate of drug-likeness (QED) is 0.482. The van der Waals surface area contributed by atoms with Crippen LogP contribution in [0.5, 0.6) is 5.75 Å². The van der Waals surface area contributed by atoms with Crippen molar-refractivity contribution in [3.63, 3.8) is 0 Å². The number of guanidine groups is 1. The Balaban J connectivity index is 1.78. The standard InChI is InChI=1S/C20H28N4O/c1-20(2,3)17-10-5-6-11-18(17)25-14-13-23-19(21-4)24-15-16-9-7-8-12-22-16/h5-12H,13-15H2,1-4H3,(H2,21,23,24). The number of aliphatic imine (C=N–C) groups is 1. The van der Waals surface area contributed by atoms with Crippen LogP contribution in [0.2, 0.25) is 0 Å². The average molecular weight is 340 g/mol. The van der Waals surface area contributed by atoms with E-state index in [1.807, 2.05) is 30.3 Å². The molecule has 1 aromatic heterocycles. The van der Waals surface area contributed by atoms with E-state index in [2.05, 4.69) is 53.5 Å². The van der Waals surface area contributed by atoms with Gasteiger partial charge in [-0.15, -0.1) is 0 Å². The van der Waals surface area contributed by atoms with Gasteiger partial charge in [0.1, 0.15) is 12.4 Å². The van der Waals surface area contributed by atoms with Gasteiger partial charge < -0.3 is 15.4 Å². The third-order valence-electron chi connectivity index (χ3n) is 3.73. The van der Waals surface area contributed by atoms with Crippen LogP contribution in [-0.2, 0) is 12.0 Å². The van der Waals surface area contributed by atoms with E-state index in [1.165, 1.54) is 5.56 Å². The van der Waals surface area contributed by atoms with Gasteiger partial charge in [0, 0.05) is 13.2 Å². The monoisotopic (exact) mass is 340 g/mol. The van der Waals surface area contributed by atoms with Gasteiger partial charge in [0.25, 0.3) is 0 Å². The highest BCUT2D eigenvalue weighted by Gasteiger charge is 2.18. The van der Waals surface area contributed by atoms with Crippen LogP contribution in [0.4, 0.5) is 0 Å². The first-order chi connectivity index (χ1) is 12.0. The molecule has 0 aliphatic heterocycles. The van der Waals surface area contributed by atoms with Gasteiger partial charge in [-0.1, -0.05) is 45.0 Å². The summed E-state index contributed by atoms with van der Waals surface area (Å²) in [5, 5.41) is 6.50. The Morgan fingerprint density at radius 2 is 1.84 bits per heavy atom. The first-order valence-corrected chi connectivity index (χ1v) is 8.57. The van der Waals surface area contributed by atoms with Crippen molar-refractivity contribution in [2.75, 3.05) is 20.2 Å². The fraction of sp³-hybridized carbons (Fsp3) is 0.400. The van der Waals surface area contributed by atoms with Crippen molar-refractivity contribution in [1.82, 2.24) is 15.6 Å². The number of pyridine rings is 1. The second kappa shape index (κ2) is 9.06. The number of benzene rings is 1. The van der Waals surface area contributed by atoms with Crippen LogP contribution in [0.15, 0.2) is 53.7 Å². The zero-order valence-corrected chi connectivity index (χ0v) is 15.5. The van der Waals surface area contributed by atoms with E-state index in [4.69, 9.17) is 4.74 Å². The van der Waals surface area contributed by atoms with Gasteiger partial charge in [0.05, 0.1) is 18.8 Å². The van der Waals surface area contributed by atoms with Crippen LogP contribution in [-0.4, -0.2) is 31.1 Å². The second-order valence-corrected chi connectivity index (χ2v) is 6.77. The second-order valence-electron chi connectivity index (χ2n) is 6.77. The molecule has 0 aliphatic carbocycles. The van der Waals surface area contributed by atoms with E-state index in [0.717, 1.165) is 17.4 Å². The fourth-order valence-electron chi connectivity index (χ4n) is 2.44. The third kappa shape index (κ3) is 6.10. The molecule has 1 aromatic carbocycles. The van der Waals surface area contributed by atoms with Crippen LogP contribution >= 0.6 is 0 Å². The Kier molecular flexibility index (Phi) is 6.81. The molecule has 2 N–H and O–H groups in total. The highest BCUT2D eigenvalue weighted by molar-refractivity contribution is 5.79. The molecular weight excluding hydrogens is 312 g/mol. The number of nitrogens with zero attached hydrogens (tertiary/aromatic N) is 2. The zero-order valence-electron chi connectivity index (χ0n) is 15.5. The fourth-order valence-corrected chi connectivity index (χ4v) is 2.44. The molecule has 25 heavy (non-hydrogen) atoms. The molecular formula is C20H28N4O. The summed E-state index contributed by atoms with van der Waals surface area (Å²) in [6.45, 7) is 8.44. The van der Waals surface area contributed by atoms with Crippen molar-refractivity contribution < 1.29 is 4.74 Å². The van der Waals surface area contributed by atoms with Crippen molar-refractivity contribution >= 4 is 5.96 Å². The Morgan fingerprint density at radius 1 is 1.08 bits per heavy atom. The van der Waals surface area contributed by atoms with Gasteiger partial charge in [0.2, 0.25) is 0 Å². The molecule has 2 aromatic rings. The molecule has 5 nitrogen and oxygen atoms in total. The minimum atomic E-state index is 0.0598. The van der Waals surface area contributed by atoms with Crippen molar-refractivity contribution in [1.29, 1.82) is 0 Å². The summed E-state index contributed by atoms with van der Waals surface area (Å²) in [5.41, 5.74) is 2.25. The topological polar surface area (TPSA) is 58.5 Å². The Bertz CT molecular complexity index is 678. The first kappa shape index (κ1) is 18.8. The maximum atomic E-state index is 5.96. The lowest BCUT2D eigenvalue weighted by Crippen LogP contribution is -2.39. The van der Waals surface area contributed by atoms with E-state index >= 15 is 0 Å². The summed E-state index contributed by atoms with van der Waals surface area (Å²) >= 11 is 0. The van der Waals surface area contributed by atoms with Crippen molar-refractivity contribution in [2.45, 2.75) is 32.7 Å². The van der Waals surface area contributed by atoms with Gasteiger partial charge in [0.15, 0.2) is 5.96 Å². The Hall–Kier alpha value is -2.56. The Morgan fingerprint density at radius 3 is 2.52 bits per heavy atom. The lowest BCUT2D eigenvalue weighted by atomic mass is 9.86. The predicted octanol–water partition coefficient (Wildman–Crippen LogP) is 3.12. The van der Waals surface area contributed by atoms with Gasteiger partial charge in [-0.25, -0.2) is 0 Å². The summed E-state index contributed by atoms with van der Waals surface area (Å²) in [7, 11) is 1.75. The average Bonchev–Trinajstić information content (AvgIpc) is 2.61. The first-order valence-electron chi connectivity index (χ1n) is 8.57. The molecule has 0 saturated carbocycles. The summed E-state index contributed by atoms with van der Waals surface area (Å²) in [4.78, 5) is 8.50. The SMILES string of the molecule is CN=C(NCCOc1ccccc1C(C)(C)C)NCc1ccccn1. The van der Waals surface area contributed by atoms with Crippen LogP contribution < -0.4 is 15.4 Å². The molecule has 0 saturated heterocycles. The van der Waals surface area contributed by atoms with Crippen LogP contribution in [0.1, 0.15) is 32.0 Å². The van der Waals surface area contributed by atoms with E-state index in [9.17, 15) is 0 Å². The summed E-state index contributed by atoms with van der Waals surface area (Å²) < 4.78 is 5.96. The molecule has 0 aliphatic rings. The van der Waals surface area contributed by atoms with Crippen molar-refractivity contribution in [3.8, 4) is 5.75 Å². The minimum absolute atomic E-state index is 0.0598. The molecule has 0 atom stereocenters. The molecule has 0 spiro atoms. The van der Waals surface area contributed by atoms with E-state index in [1.54, 1.807) is 13.2 Å².